The first kappa shape index (κ1) is 23.2. The fourth-order valence-electron chi connectivity index (χ4n) is 2.20. The Labute approximate surface area is 187 Å². The van der Waals surface area contributed by atoms with Crippen LogP contribution in [0.1, 0.15) is 31.7 Å². The van der Waals surface area contributed by atoms with Crippen molar-refractivity contribution in [3.05, 3.63) is 56.5 Å². The number of unbranched alkanes of at least 4 members (excludes halogenated alkanes) is 1. The molecule has 0 fully saturated rings. The van der Waals surface area contributed by atoms with E-state index < -0.39 is 18.2 Å². The van der Waals surface area contributed by atoms with Crippen LogP contribution < -0.4 is 15.5 Å². The Kier molecular flexibility index (Phi) is 9.44. The Balaban J connectivity index is 1.83. The molecule has 0 aliphatic heterocycles. The number of benzene rings is 2. The molecule has 0 unspecified atom stereocenters. The maximum Gasteiger partial charge on any atom is 0.249 e. The van der Waals surface area contributed by atoms with Crippen molar-refractivity contribution in [2.45, 2.75) is 26.2 Å². The SMILES string of the molecule is CCCCOc1ccc(C=NNC(=O)CC(=O)Nc2cccc(Cl)c2Cl)cc1Br. The van der Waals surface area contributed by atoms with Gasteiger partial charge in [-0.2, -0.15) is 5.10 Å². The van der Waals surface area contributed by atoms with Crippen LogP contribution in [0.15, 0.2) is 46.0 Å². The van der Waals surface area contributed by atoms with E-state index in [2.05, 4.69) is 38.7 Å². The number of carbonyl (C=O) groups excluding carboxylic acids is 2. The van der Waals surface area contributed by atoms with Gasteiger partial charge in [0.05, 0.1) is 33.0 Å². The lowest BCUT2D eigenvalue weighted by Gasteiger charge is -2.08. The number of rotatable bonds is 9. The molecule has 0 saturated heterocycles. The summed E-state index contributed by atoms with van der Waals surface area (Å²) < 4.78 is 6.45. The van der Waals surface area contributed by atoms with Gasteiger partial charge in [-0.05, 0) is 58.2 Å². The van der Waals surface area contributed by atoms with E-state index in [9.17, 15) is 9.59 Å². The molecule has 2 amide bonds. The van der Waals surface area contributed by atoms with Gasteiger partial charge in [0.2, 0.25) is 11.8 Å². The third-order valence-electron chi connectivity index (χ3n) is 3.66. The van der Waals surface area contributed by atoms with Crippen molar-refractivity contribution in [3.8, 4) is 5.75 Å². The summed E-state index contributed by atoms with van der Waals surface area (Å²) >= 11 is 15.3. The predicted molar refractivity (Wildman–Crippen MR) is 120 cm³/mol. The summed E-state index contributed by atoms with van der Waals surface area (Å²) in [5.74, 6) is -0.343. The number of anilines is 1. The number of nitrogens with zero attached hydrogens (tertiary/aromatic N) is 1. The maximum atomic E-state index is 12.0. The average molecular weight is 501 g/mol. The van der Waals surface area contributed by atoms with Crippen LogP contribution in [0.3, 0.4) is 0 Å². The molecule has 2 aromatic rings. The van der Waals surface area contributed by atoms with E-state index in [4.69, 9.17) is 27.9 Å². The summed E-state index contributed by atoms with van der Waals surface area (Å²) in [6.07, 6.45) is 3.11. The van der Waals surface area contributed by atoms with Gasteiger partial charge in [-0.3, -0.25) is 9.59 Å². The molecule has 0 aliphatic rings. The van der Waals surface area contributed by atoms with Crippen LogP contribution in [0.4, 0.5) is 5.69 Å². The summed E-state index contributed by atoms with van der Waals surface area (Å²) in [5, 5.41) is 6.93. The number of carbonyl (C=O) groups is 2. The van der Waals surface area contributed by atoms with Gasteiger partial charge in [-0.15, -0.1) is 0 Å². The smallest absolute Gasteiger partial charge is 0.249 e. The second kappa shape index (κ2) is 11.8. The Bertz CT molecular complexity index is 907. The maximum absolute atomic E-state index is 12.0. The molecule has 154 valence electrons. The molecule has 0 saturated carbocycles. The van der Waals surface area contributed by atoms with Crippen molar-refractivity contribution in [2.24, 2.45) is 5.10 Å². The van der Waals surface area contributed by atoms with Crippen molar-refractivity contribution < 1.29 is 14.3 Å². The Morgan fingerprint density at radius 3 is 2.72 bits per heavy atom. The van der Waals surface area contributed by atoms with Crippen LogP contribution in [0.5, 0.6) is 5.75 Å². The van der Waals surface area contributed by atoms with Crippen LogP contribution in [0.2, 0.25) is 10.0 Å². The fraction of sp³-hybridized carbons (Fsp3) is 0.250. The molecule has 2 rings (SSSR count). The van der Waals surface area contributed by atoms with Crippen LogP contribution in [-0.2, 0) is 9.59 Å². The van der Waals surface area contributed by atoms with Gasteiger partial charge in [-0.1, -0.05) is 42.6 Å². The lowest BCUT2D eigenvalue weighted by atomic mass is 10.2. The number of hydrogen-bond acceptors (Lipinski definition) is 4. The van der Waals surface area contributed by atoms with Crippen LogP contribution in [-0.4, -0.2) is 24.6 Å². The van der Waals surface area contributed by atoms with E-state index in [-0.39, 0.29) is 5.02 Å². The molecule has 29 heavy (non-hydrogen) atoms. The number of hydrazone groups is 1. The van der Waals surface area contributed by atoms with Crippen molar-refractivity contribution in [3.63, 3.8) is 0 Å². The first-order valence-electron chi connectivity index (χ1n) is 8.88. The summed E-state index contributed by atoms with van der Waals surface area (Å²) in [7, 11) is 0. The standard InChI is InChI=1S/C20H20BrCl2N3O3/c1-2-3-9-29-17-8-7-13(10-14(17)21)12-24-26-19(28)11-18(27)25-16-6-4-5-15(22)20(16)23/h4-8,10,12H,2-3,9,11H2,1H3,(H,25,27)(H,26,28). The van der Waals surface area contributed by atoms with Crippen molar-refractivity contribution in [1.82, 2.24) is 5.43 Å². The second-order valence-corrected chi connectivity index (χ2v) is 7.65. The van der Waals surface area contributed by atoms with E-state index >= 15 is 0 Å². The molecule has 6 nitrogen and oxygen atoms in total. The second-order valence-electron chi connectivity index (χ2n) is 6.01. The quantitative estimate of drug-likeness (QED) is 0.209. The Morgan fingerprint density at radius 2 is 2.00 bits per heavy atom. The number of hydrogen-bond donors (Lipinski definition) is 2. The zero-order chi connectivity index (χ0) is 21.2. The first-order chi connectivity index (χ1) is 13.9. The molecule has 2 N–H and O–H groups in total. The molecule has 0 radical (unpaired) electrons. The predicted octanol–water partition coefficient (Wildman–Crippen LogP) is 5.41. The van der Waals surface area contributed by atoms with Gasteiger partial charge in [0, 0.05) is 0 Å². The molecule has 2 aromatic carbocycles. The average Bonchev–Trinajstić information content (AvgIpc) is 2.67. The highest BCUT2D eigenvalue weighted by atomic mass is 79.9. The lowest BCUT2D eigenvalue weighted by Crippen LogP contribution is -2.24. The number of ether oxygens (including phenoxy) is 1. The third-order valence-corrected chi connectivity index (χ3v) is 5.10. The highest BCUT2D eigenvalue weighted by Gasteiger charge is 2.12. The highest BCUT2D eigenvalue weighted by molar-refractivity contribution is 9.10. The first-order valence-corrected chi connectivity index (χ1v) is 10.4. The van der Waals surface area contributed by atoms with Crippen LogP contribution in [0.25, 0.3) is 0 Å². The molecule has 0 heterocycles. The molecule has 0 bridgehead atoms. The topological polar surface area (TPSA) is 79.8 Å². The number of amides is 2. The lowest BCUT2D eigenvalue weighted by molar-refractivity contribution is -0.126. The van der Waals surface area contributed by atoms with Crippen molar-refractivity contribution >= 4 is 62.8 Å². The number of halogens is 3. The van der Waals surface area contributed by atoms with Crippen molar-refractivity contribution in [2.75, 3.05) is 11.9 Å². The van der Waals surface area contributed by atoms with Gasteiger partial charge in [0.15, 0.2) is 0 Å². The van der Waals surface area contributed by atoms with Gasteiger partial charge < -0.3 is 10.1 Å². The largest absolute Gasteiger partial charge is 0.492 e. The molecule has 0 aliphatic carbocycles. The number of nitrogens with one attached hydrogen (secondary N) is 2. The van der Waals surface area contributed by atoms with Crippen molar-refractivity contribution in [1.29, 1.82) is 0 Å². The minimum Gasteiger partial charge on any atom is -0.492 e. The Morgan fingerprint density at radius 1 is 1.21 bits per heavy atom. The zero-order valence-corrected chi connectivity index (χ0v) is 18.8. The minimum absolute atomic E-state index is 0.216. The van der Waals surface area contributed by atoms with E-state index in [1.165, 1.54) is 6.21 Å². The molecular weight excluding hydrogens is 481 g/mol. The molecular formula is C20H20BrCl2N3O3. The summed E-state index contributed by atoms with van der Waals surface area (Å²) in [5.41, 5.74) is 3.41. The minimum atomic E-state index is -0.560. The van der Waals surface area contributed by atoms with Gasteiger partial charge in [0.1, 0.15) is 12.2 Å². The summed E-state index contributed by atoms with van der Waals surface area (Å²) in [6, 6.07) is 10.3. The summed E-state index contributed by atoms with van der Waals surface area (Å²) in [4.78, 5) is 23.8. The molecule has 9 heteroatoms. The van der Waals surface area contributed by atoms with E-state index in [0.29, 0.717) is 17.3 Å². The van der Waals surface area contributed by atoms with E-state index in [0.717, 1.165) is 28.6 Å². The summed E-state index contributed by atoms with van der Waals surface area (Å²) in [6.45, 7) is 2.75. The zero-order valence-electron chi connectivity index (χ0n) is 15.7. The highest BCUT2D eigenvalue weighted by Crippen LogP contribution is 2.29. The third kappa shape index (κ3) is 7.68. The van der Waals surface area contributed by atoms with E-state index in [1.54, 1.807) is 18.2 Å². The monoisotopic (exact) mass is 499 g/mol. The van der Waals surface area contributed by atoms with Crippen LogP contribution in [0, 0.1) is 0 Å². The van der Waals surface area contributed by atoms with E-state index in [1.807, 2.05) is 18.2 Å². The normalized spacial score (nSPS) is 10.8. The fourth-order valence-corrected chi connectivity index (χ4v) is 3.06. The van der Waals surface area contributed by atoms with Gasteiger partial charge >= 0.3 is 0 Å². The van der Waals surface area contributed by atoms with Gasteiger partial charge in [-0.25, -0.2) is 5.43 Å². The molecule has 0 spiro atoms. The van der Waals surface area contributed by atoms with Crippen LogP contribution >= 0.6 is 39.1 Å². The molecule has 0 atom stereocenters. The van der Waals surface area contributed by atoms with Gasteiger partial charge in [0.25, 0.3) is 0 Å². The Hall–Kier alpha value is -2.09. The molecule has 0 aromatic heterocycles.